The molecular weight excluding hydrogens is 210 g/mol. The quantitative estimate of drug-likeness (QED) is 0.683. The number of nitrogens with one attached hydrogen (secondary N) is 1. The molecule has 2 N–H and O–H groups in total. The van der Waals surface area contributed by atoms with Gasteiger partial charge in [-0.15, -0.1) is 0 Å². The third-order valence-electron chi connectivity index (χ3n) is 3.07. The number of ether oxygens (including phenoxy) is 1. The molecule has 5 heteroatoms. The van der Waals surface area contributed by atoms with Gasteiger partial charge in [-0.05, 0) is 32.1 Å². The van der Waals surface area contributed by atoms with Gasteiger partial charge in [0.15, 0.2) is 0 Å². The van der Waals surface area contributed by atoms with Crippen LogP contribution in [0.15, 0.2) is 0 Å². The molecule has 0 aliphatic carbocycles. The van der Waals surface area contributed by atoms with Crippen molar-refractivity contribution < 1.29 is 19.4 Å². The lowest BCUT2D eigenvalue weighted by Crippen LogP contribution is -2.47. The topological polar surface area (TPSA) is 75.6 Å². The Morgan fingerprint density at radius 1 is 1.62 bits per heavy atom. The molecule has 1 heterocycles. The number of carbonyl (C=O) groups is 2. The molecule has 1 aliphatic rings. The van der Waals surface area contributed by atoms with Crippen molar-refractivity contribution in [3.8, 4) is 0 Å². The van der Waals surface area contributed by atoms with Crippen LogP contribution in [0.3, 0.4) is 0 Å². The Hall–Kier alpha value is -1.10. The number of aliphatic carboxylic acids is 1. The molecule has 1 aliphatic heterocycles. The first-order chi connectivity index (χ1) is 7.58. The summed E-state index contributed by atoms with van der Waals surface area (Å²) in [4.78, 5) is 21.4. The molecule has 16 heavy (non-hydrogen) atoms. The Kier molecular flexibility index (Phi) is 4.73. The van der Waals surface area contributed by atoms with Gasteiger partial charge in [0.1, 0.15) is 6.04 Å². The van der Waals surface area contributed by atoms with Crippen molar-refractivity contribution in [3.63, 3.8) is 0 Å². The van der Waals surface area contributed by atoms with Crippen molar-refractivity contribution in [1.29, 1.82) is 0 Å². The smallest absolute Gasteiger partial charge is 0.326 e. The maximum absolute atomic E-state index is 11.0. The van der Waals surface area contributed by atoms with Gasteiger partial charge in [0.25, 0.3) is 0 Å². The third kappa shape index (κ3) is 3.20. The largest absolute Gasteiger partial charge is 0.480 e. The van der Waals surface area contributed by atoms with Crippen LogP contribution in [0.4, 0.5) is 0 Å². The first kappa shape index (κ1) is 13.0. The molecule has 1 unspecified atom stereocenters. The van der Waals surface area contributed by atoms with Crippen LogP contribution in [0.1, 0.15) is 33.1 Å². The minimum Gasteiger partial charge on any atom is -0.480 e. The second-order valence-corrected chi connectivity index (χ2v) is 4.31. The number of carbonyl (C=O) groups excluding carboxylic acids is 1. The van der Waals surface area contributed by atoms with Crippen molar-refractivity contribution in [1.82, 2.24) is 5.32 Å². The van der Waals surface area contributed by atoms with E-state index in [0.717, 1.165) is 6.42 Å². The number of amides is 1. The fourth-order valence-electron chi connectivity index (χ4n) is 2.32. The van der Waals surface area contributed by atoms with Crippen LogP contribution in [0.25, 0.3) is 0 Å². The van der Waals surface area contributed by atoms with Crippen molar-refractivity contribution in [2.45, 2.75) is 51.4 Å². The van der Waals surface area contributed by atoms with E-state index in [2.05, 4.69) is 5.32 Å². The predicted molar refractivity (Wildman–Crippen MR) is 58.0 cm³/mol. The Balaban J connectivity index is 2.67. The zero-order chi connectivity index (χ0) is 12.1. The van der Waals surface area contributed by atoms with Gasteiger partial charge in [-0.2, -0.15) is 0 Å². The summed E-state index contributed by atoms with van der Waals surface area (Å²) in [5.74, 6) is -1.02. The summed E-state index contributed by atoms with van der Waals surface area (Å²) in [5, 5.41) is 11.4. The SMILES string of the molecule is CC[C@@H]1C[C@@H](C(NC=O)C(=O)O)C[C@@H](C)O1. The predicted octanol–water partition coefficient (Wildman–Crippen LogP) is 0.779. The van der Waals surface area contributed by atoms with E-state index in [1.165, 1.54) is 0 Å². The average molecular weight is 229 g/mol. The van der Waals surface area contributed by atoms with Gasteiger partial charge in [0.05, 0.1) is 12.2 Å². The second kappa shape index (κ2) is 5.84. The van der Waals surface area contributed by atoms with Crippen molar-refractivity contribution in [2.24, 2.45) is 5.92 Å². The second-order valence-electron chi connectivity index (χ2n) is 4.31. The molecule has 1 saturated heterocycles. The Bertz CT molecular complexity index is 256. The van der Waals surface area contributed by atoms with Gasteiger partial charge in [0, 0.05) is 0 Å². The van der Waals surface area contributed by atoms with Crippen LogP contribution in [0.5, 0.6) is 0 Å². The van der Waals surface area contributed by atoms with E-state index in [0.29, 0.717) is 19.3 Å². The third-order valence-corrected chi connectivity index (χ3v) is 3.07. The summed E-state index contributed by atoms with van der Waals surface area (Å²) in [6, 6.07) is -0.794. The maximum atomic E-state index is 11.0. The molecule has 4 atom stereocenters. The Labute approximate surface area is 95.2 Å². The number of hydrogen-bond donors (Lipinski definition) is 2. The molecule has 0 bridgehead atoms. The summed E-state index contributed by atoms with van der Waals surface area (Å²) in [6.45, 7) is 3.96. The first-order valence-corrected chi connectivity index (χ1v) is 5.66. The summed E-state index contributed by atoms with van der Waals surface area (Å²) in [6.07, 6.45) is 2.85. The molecule has 1 amide bonds. The van der Waals surface area contributed by atoms with E-state index in [1.54, 1.807) is 0 Å². The van der Waals surface area contributed by atoms with Crippen molar-refractivity contribution in [2.75, 3.05) is 0 Å². The molecule has 0 spiro atoms. The lowest BCUT2D eigenvalue weighted by Gasteiger charge is -2.36. The summed E-state index contributed by atoms with van der Waals surface area (Å²) in [7, 11) is 0. The highest BCUT2D eigenvalue weighted by Crippen LogP contribution is 2.28. The van der Waals surface area contributed by atoms with E-state index >= 15 is 0 Å². The van der Waals surface area contributed by atoms with Gasteiger partial charge in [-0.25, -0.2) is 4.79 Å². The molecule has 5 nitrogen and oxygen atoms in total. The van der Waals surface area contributed by atoms with Crippen LogP contribution in [-0.4, -0.2) is 35.7 Å². The van der Waals surface area contributed by atoms with E-state index in [-0.39, 0.29) is 18.1 Å². The highest BCUT2D eigenvalue weighted by atomic mass is 16.5. The number of carboxylic acid groups (broad SMARTS) is 1. The molecule has 1 fully saturated rings. The van der Waals surface area contributed by atoms with Crippen LogP contribution in [0, 0.1) is 5.92 Å². The number of carboxylic acids is 1. The molecule has 1 rings (SSSR count). The van der Waals surface area contributed by atoms with Crippen LogP contribution >= 0.6 is 0 Å². The standard InChI is InChI=1S/C11H19NO4/c1-3-9-5-8(4-7(2)16-9)10(11(14)15)12-6-13/h6-10H,3-5H2,1-2H3,(H,12,13)(H,14,15)/t7-,8+,9-,10?/m1/s1. The van der Waals surface area contributed by atoms with Gasteiger partial charge in [0.2, 0.25) is 6.41 Å². The number of rotatable bonds is 5. The minimum absolute atomic E-state index is 0.0450. The number of hydrogen-bond acceptors (Lipinski definition) is 3. The van der Waals surface area contributed by atoms with E-state index in [4.69, 9.17) is 9.84 Å². The summed E-state index contributed by atoms with van der Waals surface area (Å²) < 4.78 is 5.66. The Morgan fingerprint density at radius 2 is 2.31 bits per heavy atom. The molecule has 0 aromatic rings. The van der Waals surface area contributed by atoms with Gasteiger partial charge in [-0.1, -0.05) is 6.92 Å². The maximum Gasteiger partial charge on any atom is 0.326 e. The lowest BCUT2D eigenvalue weighted by molar-refractivity contribution is -0.145. The van der Waals surface area contributed by atoms with Crippen LogP contribution < -0.4 is 5.32 Å². The fraction of sp³-hybridized carbons (Fsp3) is 0.818. The van der Waals surface area contributed by atoms with Crippen LogP contribution in [-0.2, 0) is 14.3 Å². The van der Waals surface area contributed by atoms with E-state index < -0.39 is 12.0 Å². The fourth-order valence-corrected chi connectivity index (χ4v) is 2.32. The lowest BCUT2D eigenvalue weighted by atomic mass is 9.85. The highest BCUT2D eigenvalue weighted by Gasteiger charge is 2.35. The Morgan fingerprint density at radius 3 is 2.81 bits per heavy atom. The van der Waals surface area contributed by atoms with Gasteiger partial charge >= 0.3 is 5.97 Å². The first-order valence-electron chi connectivity index (χ1n) is 5.66. The van der Waals surface area contributed by atoms with Gasteiger partial charge in [-0.3, -0.25) is 4.79 Å². The van der Waals surface area contributed by atoms with Crippen molar-refractivity contribution >= 4 is 12.4 Å². The summed E-state index contributed by atoms with van der Waals surface area (Å²) >= 11 is 0. The zero-order valence-corrected chi connectivity index (χ0v) is 9.68. The van der Waals surface area contributed by atoms with E-state index in [1.807, 2.05) is 13.8 Å². The molecule has 0 radical (unpaired) electrons. The van der Waals surface area contributed by atoms with Gasteiger partial charge < -0.3 is 15.2 Å². The zero-order valence-electron chi connectivity index (χ0n) is 9.68. The molecule has 0 aromatic carbocycles. The molecular formula is C11H19NO4. The van der Waals surface area contributed by atoms with Crippen LogP contribution in [0.2, 0.25) is 0 Å². The highest BCUT2D eigenvalue weighted by molar-refractivity contribution is 5.76. The van der Waals surface area contributed by atoms with Crippen molar-refractivity contribution in [3.05, 3.63) is 0 Å². The minimum atomic E-state index is -0.971. The molecule has 92 valence electrons. The monoisotopic (exact) mass is 229 g/mol. The summed E-state index contributed by atoms with van der Waals surface area (Å²) in [5.41, 5.74) is 0. The molecule has 0 saturated carbocycles. The molecule has 0 aromatic heterocycles. The van der Waals surface area contributed by atoms with E-state index in [9.17, 15) is 9.59 Å². The normalized spacial score (nSPS) is 31.8. The average Bonchev–Trinajstić information content (AvgIpc) is 2.24.